The van der Waals surface area contributed by atoms with Crippen molar-refractivity contribution in [1.29, 1.82) is 0 Å². The third-order valence-corrected chi connectivity index (χ3v) is 4.84. The zero-order valence-electron chi connectivity index (χ0n) is 18.4. The summed E-state index contributed by atoms with van der Waals surface area (Å²) in [4.78, 5) is 24.5. The van der Waals surface area contributed by atoms with Gasteiger partial charge in [0.25, 0.3) is 0 Å². The average Bonchev–Trinajstić information content (AvgIpc) is 2.75. The van der Waals surface area contributed by atoms with Gasteiger partial charge in [-0.3, -0.25) is 0 Å². The van der Waals surface area contributed by atoms with Gasteiger partial charge in [0.2, 0.25) is 0 Å². The molecule has 0 bridgehead atoms. The first kappa shape index (κ1) is 23.5. The second kappa shape index (κ2) is 12.1. The van der Waals surface area contributed by atoms with Crippen molar-refractivity contribution >= 4 is 23.1 Å². The van der Waals surface area contributed by atoms with Gasteiger partial charge in [0.05, 0.1) is 13.2 Å². The Labute approximate surface area is 178 Å². The van der Waals surface area contributed by atoms with Crippen LogP contribution in [0.3, 0.4) is 0 Å². The van der Waals surface area contributed by atoms with E-state index >= 15 is 0 Å². The van der Waals surface area contributed by atoms with Gasteiger partial charge in [0.15, 0.2) is 0 Å². The molecular weight excluding hydrogens is 384 g/mol. The lowest BCUT2D eigenvalue weighted by atomic mass is 9.94. The summed E-state index contributed by atoms with van der Waals surface area (Å²) >= 11 is 0. The molecule has 0 saturated carbocycles. The molecule has 0 N–H and O–H groups in total. The Morgan fingerprint density at radius 1 is 0.700 bits per heavy atom. The van der Waals surface area contributed by atoms with Crippen LogP contribution in [0.2, 0.25) is 0 Å². The maximum absolute atomic E-state index is 12.3. The molecule has 0 aliphatic carbocycles. The highest BCUT2D eigenvalue weighted by molar-refractivity contribution is 5.98. The predicted octanol–water partition coefficient (Wildman–Crippen LogP) is 6.60. The van der Waals surface area contributed by atoms with Gasteiger partial charge < -0.3 is 18.9 Å². The lowest BCUT2D eigenvalue weighted by Gasteiger charge is -2.20. The van der Waals surface area contributed by atoms with Crippen molar-refractivity contribution < 1.29 is 28.5 Å². The summed E-state index contributed by atoms with van der Waals surface area (Å²) in [6, 6.07) is 7.40. The minimum atomic E-state index is -0.724. The van der Waals surface area contributed by atoms with Gasteiger partial charge in [-0.25, -0.2) is 9.59 Å². The van der Waals surface area contributed by atoms with Crippen LogP contribution in [0.15, 0.2) is 24.3 Å². The number of rotatable bonds is 10. The van der Waals surface area contributed by atoms with Crippen molar-refractivity contribution in [2.45, 2.75) is 66.2 Å². The molecule has 0 atom stereocenters. The first-order valence-electron chi connectivity index (χ1n) is 10.8. The lowest BCUT2D eigenvalue weighted by molar-refractivity contribution is 0.0958. The smallest absolute Gasteiger partial charge is 0.434 e. The quantitative estimate of drug-likeness (QED) is 0.247. The highest BCUT2D eigenvalue weighted by Crippen LogP contribution is 2.42. The first-order chi connectivity index (χ1) is 14.6. The zero-order chi connectivity index (χ0) is 21.9. The summed E-state index contributed by atoms with van der Waals surface area (Å²) in [6.07, 6.45) is 3.18. The van der Waals surface area contributed by atoms with Crippen LogP contribution in [-0.4, -0.2) is 25.5 Å². The molecule has 0 aliphatic heterocycles. The molecular formula is C24H32O6. The van der Waals surface area contributed by atoms with Gasteiger partial charge in [-0.2, -0.15) is 0 Å². The maximum atomic E-state index is 12.3. The van der Waals surface area contributed by atoms with Gasteiger partial charge >= 0.3 is 12.3 Å². The Bertz CT molecular complexity index is 788. The molecule has 2 rings (SSSR count). The van der Waals surface area contributed by atoms with Gasteiger partial charge in [0, 0.05) is 21.9 Å². The van der Waals surface area contributed by atoms with Crippen LogP contribution in [0.1, 0.15) is 64.5 Å². The Morgan fingerprint density at radius 2 is 1.10 bits per heavy atom. The van der Waals surface area contributed by atoms with E-state index in [9.17, 15) is 9.59 Å². The normalized spacial score (nSPS) is 10.7. The summed E-state index contributed by atoms with van der Waals surface area (Å²) in [5, 5.41) is 1.38. The highest BCUT2D eigenvalue weighted by atomic mass is 16.7. The van der Waals surface area contributed by atoms with E-state index in [1.807, 2.05) is 52.0 Å². The molecule has 0 heterocycles. The van der Waals surface area contributed by atoms with E-state index < -0.39 is 12.3 Å². The lowest BCUT2D eigenvalue weighted by Crippen LogP contribution is -2.16. The highest BCUT2D eigenvalue weighted by Gasteiger charge is 2.23. The summed E-state index contributed by atoms with van der Waals surface area (Å²) in [5.41, 5.74) is 1.64. The molecule has 0 aliphatic rings. The van der Waals surface area contributed by atoms with Gasteiger partial charge in [0.1, 0.15) is 11.5 Å². The number of unbranched alkanes of at least 4 members (excludes halogenated alkanes) is 2. The van der Waals surface area contributed by atoms with Crippen molar-refractivity contribution in [2.75, 3.05) is 13.2 Å². The van der Waals surface area contributed by atoms with E-state index in [1.165, 1.54) is 0 Å². The molecule has 164 valence electrons. The van der Waals surface area contributed by atoms with E-state index in [1.54, 1.807) is 0 Å². The summed E-state index contributed by atoms with van der Waals surface area (Å²) in [5.74, 6) is 0.913. The Morgan fingerprint density at radius 3 is 1.43 bits per heavy atom. The number of hydrogen-bond donors (Lipinski definition) is 0. The van der Waals surface area contributed by atoms with E-state index in [0.29, 0.717) is 48.3 Å². The van der Waals surface area contributed by atoms with Crippen molar-refractivity contribution in [1.82, 2.24) is 0 Å². The van der Waals surface area contributed by atoms with Crippen LogP contribution in [0, 0.1) is 0 Å². The molecule has 0 unspecified atom stereocenters. The molecule has 0 aromatic heterocycles. The van der Waals surface area contributed by atoms with Gasteiger partial charge in [-0.15, -0.1) is 0 Å². The topological polar surface area (TPSA) is 71.1 Å². The SMILES string of the molecule is CCCCOC(=O)Oc1c(CC)c(CC)c(OC(=O)OCCCC)c2ccccc12. The number of carbonyl (C=O) groups excluding carboxylic acids is 2. The molecule has 0 saturated heterocycles. The maximum Gasteiger partial charge on any atom is 0.513 e. The number of hydrogen-bond acceptors (Lipinski definition) is 6. The Kier molecular flexibility index (Phi) is 9.45. The van der Waals surface area contributed by atoms with E-state index in [4.69, 9.17) is 18.9 Å². The zero-order valence-corrected chi connectivity index (χ0v) is 18.4. The molecule has 6 nitrogen and oxygen atoms in total. The molecule has 6 heteroatoms. The monoisotopic (exact) mass is 416 g/mol. The number of ether oxygens (including phenoxy) is 4. The standard InChI is InChI=1S/C24H32O6/c1-5-9-15-27-23(25)29-21-17(7-3)18(8-4)22(20-14-12-11-13-19(20)21)30-24(26)28-16-10-6-2/h11-14H,5-10,15-16H2,1-4H3. The van der Waals surface area contributed by atoms with E-state index in [2.05, 4.69) is 0 Å². The van der Waals surface area contributed by atoms with Gasteiger partial charge in [-0.1, -0.05) is 64.8 Å². The molecule has 0 amide bonds. The fraction of sp³-hybridized carbons (Fsp3) is 0.500. The molecule has 2 aromatic carbocycles. The average molecular weight is 417 g/mol. The van der Waals surface area contributed by atoms with Crippen molar-refractivity contribution in [3.8, 4) is 11.5 Å². The third-order valence-electron chi connectivity index (χ3n) is 4.84. The third kappa shape index (κ3) is 5.88. The predicted molar refractivity (Wildman–Crippen MR) is 116 cm³/mol. The molecule has 2 aromatic rings. The van der Waals surface area contributed by atoms with E-state index in [-0.39, 0.29) is 0 Å². The second-order valence-corrected chi connectivity index (χ2v) is 6.98. The van der Waals surface area contributed by atoms with Crippen molar-refractivity contribution in [3.63, 3.8) is 0 Å². The molecule has 0 radical (unpaired) electrons. The largest absolute Gasteiger partial charge is 0.513 e. The van der Waals surface area contributed by atoms with Crippen LogP contribution in [-0.2, 0) is 22.3 Å². The fourth-order valence-electron chi connectivity index (χ4n) is 3.28. The number of benzene rings is 2. The van der Waals surface area contributed by atoms with E-state index in [0.717, 1.165) is 36.8 Å². The molecule has 0 spiro atoms. The summed E-state index contributed by atoms with van der Waals surface area (Å²) in [7, 11) is 0. The first-order valence-corrected chi connectivity index (χ1v) is 10.8. The number of carbonyl (C=O) groups is 2. The summed E-state index contributed by atoms with van der Waals surface area (Å²) in [6.45, 7) is 8.64. The minimum Gasteiger partial charge on any atom is -0.434 e. The Hall–Kier alpha value is -2.76. The Balaban J connectivity index is 2.46. The van der Waals surface area contributed by atoms with Crippen LogP contribution in [0.4, 0.5) is 9.59 Å². The van der Waals surface area contributed by atoms with Crippen LogP contribution in [0.5, 0.6) is 11.5 Å². The van der Waals surface area contributed by atoms with Gasteiger partial charge in [-0.05, 0) is 25.7 Å². The second-order valence-electron chi connectivity index (χ2n) is 6.98. The van der Waals surface area contributed by atoms with Crippen LogP contribution < -0.4 is 9.47 Å². The summed E-state index contributed by atoms with van der Waals surface area (Å²) < 4.78 is 21.7. The van der Waals surface area contributed by atoms with Crippen molar-refractivity contribution in [2.24, 2.45) is 0 Å². The molecule has 30 heavy (non-hydrogen) atoms. The van der Waals surface area contributed by atoms with Crippen LogP contribution in [0.25, 0.3) is 10.8 Å². The minimum absolute atomic E-state index is 0.320. The number of fused-ring (bicyclic) bond motifs is 1. The fourth-order valence-corrected chi connectivity index (χ4v) is 3.28. The molecule has 0 fully saturated rings. The van der Waals surface area contributed by atoms with Crippen LogP contribution >= 0.6 is 0 Å². The van der Waals surface area contributed by atoms with Crippen molar-refractivity contribution in [3.05, 3.63) is 35.4 Å².